The van der Waals surface area contributed by atoms with E-state index < -0.39 is 23.2 Å². The molecule has 1 aromatic rings. The highest BCUT2D eigenvalue weighted by molar-refractivity contribution is 5.80. The summed E-state index contributed by atoms with van der Waals surface area (Å²) in [5.74, 6) is -3.60. The lowest BCUT2D eigenvalue weighted by molar-refractivity contribution is -0.165. The molecule has 114 valence electrons. The van der Waals surface area contributed by atoms with E-state index in [2.05, 4.69) is 0 Å². The van der Waals surface area contributed by atoms with Crippen molar-refractivity contribution in [2.45, 2.75) is 24.9 Å². The number of aliphatic carboxylic acids is 1. The highest BCUT2D eigenvalue weighted by atomic mass is 19.2. The smallest absolute Gasteiger partial charge is 0.335 e. The summed E-state index contributed by atoms with van der Waals surface area (Å²) in [6.07, 6.45) is -0.194. The Morgan fingerprint density at radius 2 is 1.81 bits per heavy atom. The van der Waals surface area contributed by atoms with Gasteiger partial charge in [0.1, 0.15) is 0 Å². The number of hydrogen-bond donors (Lipinski definition) is 2. The summed E-state index contributed by atoms with van der Waals surface area (Å²) < 4.78 is 25.9. The molecule has 1 amide bonds. The first kappa shape index (κ1) is 15.4. The van der Waals surface area contributed by atoms with E-state index in [-0.39, 0.29) is 38.3 Å². The molecule has 21 heavy (non-hydrogen) atoms. The van der Waals surface area contributed by atoms with Crippen LogP contribution < -0.4 is 0 Å². The number of carboxylic acid groups (broad SMARTS) is 1. The minimum absolute atomic E-state index is 0.0497. The van der Waals surface area contributed by atoms with Crippen LogP contribution in [-0.4, -0.2) is 45.7 Å². The van der Waals surface area contributed by atoms with Gasteiger partial charge in [0.2, 0.25) is 5.91 Å². The molecule has 2 N–H and O–H groups in total. The average molecular weight is 299 g/mol. The van der Waals surface area contributed by atoms with Crippen molar-refractivity contribution in [3.63, 3.8) is 0 Å². The average Bonchev–Trinajstić information content (AvgIpc) is 2.43. The highest BCUT2D eigenvalue weighted by Gasteiger charge is 2.40. The number of likely N-dealkylation sites (tertiary alicyclic amines) is 1. The van der Waals surface area contributed by atoms with E-state index in [1.165, 1.54) is 11.0 Å². The Morgan fingerprint density at radius 3 is 2.33 bits per heavy atom. The number of benzene rings is 1. The van der Waals surface area contributed by atoms with Gasteiger partial charge in [0.15, 0.2) is 17.2 Å². The van der Waals surface area contributed by atoms with Crippen LogP contribution >= 0.6 is 0 Å². The van der Waals surface area contributed by atoms with Gasteiger partial charge in [-0.15, -0.1) is 0 Å². The number of carbonyl (C=O) groups is 2. The molecule has 0 saturated carbocycles. The van der Waals surface area contributed by atoms with Crippen LogP contribution in [0.2, 0.25) is 0 Å². The van der Waals surface area contributed by atoms with Crippen LogP contribution in [0, 0.1) is 11.6 Å². The first-order valence-corrected chi connectivity index (χ1v) is 6.49. The molecule has 0 atom stereocenters. The molecule has 1 saturated heterocycles. The summed E-state index contributed by atoms with van der Waals surface area (Å²) in [5.41, 5.74) is -1.45. The zero-order valence-electron chi connectivity index (χ0n) is 11.2. The minimum Gasteiger partial charge on any atom is -0.479 e. The summed E-state index contributed by atoms with van der Waals surface area (Å²) in [4.78, 5) is 24.3. The van der Waals surface area contributed by atoms with Gasteiger partial charge in [0.25, 0.3) is 0 Å². The Hall–Kier alpha value is -2.02. The van der Waals surface area contributed by atoms with E-state index in [4.69, 9.17) is 5.11 Å². The maximum absolute atomic E-state index is 13.1. The fourth-order valence-electron chi connectivity index (χ4n) is 2.28. The molecule has 5 nitrogen and oxygen atoms in total. The Morgan fingerprint density at radius 1 is 1.19 bits per heavy atom. The van der Waals surface area contributed by atoms with Crippen LogP contribution in [0.15, 0.2) is 18.2 Å². The van der Waals surface area contributed by atoms with Crippen LogP contribution in [0.3, 0.4) is 0 Å². The number of carboxylic acids is 1. The molecule has 1 aliphatic heterocycles. The molecule has 0 aromatic heterocycles. The van der Waals surface area contributed by atoms with E-state index in [1.54, 1.807) is 0 Å². The van der Waals surface area contributed by atoms with Crippen molar-refractivity contribution in [3.8, 4) is 0 Å². The van der Waals surface area contributed by atoms with Crippen molar-refractivity contribution in [2.24, 2.45) is 0 Å². The molecule has 1 heterocycles. The first-order valence-electron chi connectivity index (χ1n) is 6.49. The third-order valence-electron chi connectivity index (χ3n) is 3.68. The third kappa shape index (κ3) is 3.36. The SMILES string of the molecule is O=C(Cc1ccc(F)c(F)c1)N1CCC(O)(C(=O)O)CC1. The Balaban J connectivity index is 1.96. The molecular formula is C14H15F2NO4. The molecule has 0 unspecified atom stereocenters. The van der Waals surface area contributed by atoms with E-state index in [1.807, 2.05) is 0 Å². The van der Waals surface area contributed by atoms with Gasteiger partial charge in [0, 0.05) is 25.9 Å². The molecule has 0 aliphatic carbocycles. The highest BCUT2D eigenvalue weighted by Crippen LogP contribution is 2.23. The maximum atomic E-state index is 13.1. The van der Waals surface area contributed by atoms with E-state index >= 15 is 0 Å². The standard InChI is InChI=1S/C14H15F2NO4/c15-10-2-1-9(7-11(10)16)8-12(18)17-5-3-14(21,4-6-17)13(19)20/h1-2,7,21H,3-6,8H2,(H,19,20). The van der Waals surface area contributed by atoms with Crippen molar-refractivity contribution in [2.75, 3.05) is 13.1 Å². The summed E-state index contributed by atoms with van der Waals surface area (Å²) in [5, 5.41) is 18.7. The number of piperidine rings is 1. The first-order chi connectivity index (χ1) is 9.82. The zero-order valence-corrected chi connectivity index (χ0v) is 11.2. The van der Waals surface area contributed by atoms with E-state index in [0.29, 0.717) is 5.56 Å². The van der Waals surface area contributed by atoms with Gasteiger partial charge < -0.3 is 15.1 Å². The fraction of sp³-hybridized carbons (Fsp3) is 0.429. The lowest BCUT2D eigenvalue weighted by atomic mass is 9.91. The summed E-state index contributed by atoms with van der Waals surface area (Å²) >= 11 is 0. The predicted molar refractivity (Wildman–Crippen MR) is 68.5 cm³/mol. The Bertz CT molecular complexity index is 568. The third-order valence-corrected chi connectivity index (χ3v) is 3.68. The van der Waals surface area contributed by atoms with Crippen molar-refractivity contribution in [1.29, 1.82) is 0 Å². The Labute approximate surface area is 119 Å². The monoisotopic (exact) mass is 299 g/mol. The van der Waals surface area contributed by atoms with Gasteiger partial charge in [-0.25, -0.2) is 13.6 Å². The molecule has 1 aromatic carbocycles. The van der Waals surface area contributed by atoms with Gasteiger partial charge in [-0.1, -0.05) is 6.07 Å². The number of carbonyl (C=O) groups excluding carboxylic acids is 1. The van der Waals surface area contributed by atoms with Gasteiger partial charge in [0.05, 0.1) is 6.42 Å². The molecule has 1 fully saturated rings. The summed E-state index contributed by atoms with van der Waals surface area (Å²) in [7, 11) is 0. The van der Waals surface area contributed by atoms with Crippen molar-refractivity contribution in [3.05, 3.63) is 35.4 Å². The number of amides is 1. The maximum Gasteiger partial charge on any atom is 0.335 e. The number of nitrogens with zero attached hydrogens (tertiary/aromatic N) is 1. The molecule has 0 radical (unpaired) electrons. The second-order valence-electron chi connectivity index (χ2n) is 5.14. The van der Waals surface area contributed by atoms with Crippen molar-refractivity contribution >= 4 is 11.9 Å². The zero-order chi connectivity index (χ0) is 15.6. The van der Waals surface area contributed by atoms with Gasteiger partial charge in [-0.3, -0.25) is 4.79 Å². The summed E-state index contributed by atoms with van der Waals surface area (Å²) in [6, 6.07) is 3.25. The molecular weight excluding hydrogens is 284 g/mol. The Kier molecular flexibility index (Phi) is 4.22. The van der Waals surface area contributed by atoms with Gasteiger partial charge in [-0.2, -0.15) is 0 Å². The van der Waals surface area contributed by atoms with Crippen LogP contribution in [0.1, 0.15) is 18.4 Å². The number of halogens is 2. The predicted octanol–water partition coefficient (Wildman–Crippen LogP) is 0.945. The number of aliphatic hydroxyl groups is 1. The second-order valence-corrected chi connectivity index (χ2v) is 5.14. The van der Waals surface area contributed by atoms with Crippen molar-refractivity contribution in [1.82, 2.24) is 4.90 Å². The largest absolute Gasteiger partial charge is 0.479 e. The fourth-order valence-corrected chi connectivity index (χ4v) is 2.28. The number of rotatable bonds is 3. The minimum atomic E-state index is -1.79. The topological polar surface area (TPSA) is 77.8 Å². The lowest BCUT2D eigenvalue weighted by Crippen LogP contribution is -2.51. The van der Waals surface area contributed by atoms with Crippen LogP contribution in [0.5, 0.6) is 0 Å². The normalized spacial score (nSPS) is 17.6. The molecule has 0 bridgehead atoms. The van der Waals surface area contributed by atoms with Gasteiger partial charge >= 0.3 is 5.97 Å². The molecule has 1 aliphatic rings. The van der Waals surface area contributed by atoms with Crippen LogP contribution in [0.25, 0.3) is 0 Å². The quantitative estimate of drug-likeness (QED) is 0.871. The van der Waals surface area contributed by atoms with Crippen LogP contribution in [0.4, 0.5) is 8.78 Å². The van der Waals surface area contributed by atoms with E-state index in [0.717, 1.165) is 12.1 Å². The molecule has 0 spiro atoms. The molecule has 7 heteroatoms. The summed E-state index contributed by atoms with van der Waals surface area (Å²) in [6.45, 7) is 0.233. The lowest BCUT2D eigenvalue weighted by Gasteiger charge is -2.35. The van der Waals surface area contributed by atoms with Crippen LogP contribution in [-0.2, 0) is 16.0 Å². The van der Waals surface area contributed by atoms with E-state index in [9.17, 15) is 23.5 Å². The second kappa shape index (κ2) is 5.77. The molecule has 2 rings (SSSR count). The number of hydrogen-bond acceptors (Lipinski definition) is 3. The van der Waals surface area contributed by atoms with Gasteiger partial charge in [-0.05, 0) is 17.7 Å². The van der Waals surface area contributed by atoms with Crippen molar-refractivity contribution < 1.29 is 28.6 Å².